The predicted molar refractivity (Wildman–Crippen MR) is 122 cm³/mol. The number of phenolic OH excluding ortho intramolecular Hbond substituents is 1. The molecule has 0 aromatic heterocycles. The van der Waals surface area contributed by atoms with E-state index >= 15 is 0 Å². The fourth-order valence-electron chi connectivity index (χ4n) is 7.93. The molecule has 0 amide bonds. The fourth-order valence-corrected chi connectivity index (χ4v) is 7.93. The largest absolute Gasteiger partial charge is 0.508 e. The smallest absolute Gasteiger partial charge is 0.115 e. The summed E-state index contributed by atoms with van der Waals surface area (Å²) in [5.41, 5.74) is 7.03. The maximum Gasteiger partial charge on any atom is 0.115 e. The van der Waals surface area contributed by atoms with Crippen molar-refractivity contribution < 1.29 is 10.2 Å². The van der Waals surface area contributed by atoms with Gasteiger partial charge in [0.25, 0.3) is 0 Å². The number of benzene rings is 1. The molecule has 4 aliphatic rings. The number of hydrogen-bond donors (Lipinski definition) is 2. The topological polar surface area (TPSA) is 40.5 Å². The Morgan fingerprint density at radius 1 is 1.10 bits per heavy atom. The Morgan fingerprint density at radius 2 is 1.93 bits per heavy atom. The highest BCUT2D eigenvalue weighted by molar-refractivity contribution is 5.49. The first-order chi connectivity index (χ1) is 14.3. The summed E-state index contributed by atoms with van der Waals surface area (Å²) >= 11 is 0. The van der Waals surface area contributed by atoms with Crippen LogP contribution in [0.15, 0.2) is 47.1 Å². The van der Waals surface area contributed by atoms with Gasteiger partial charge in [-0.05, 0) is 115 Å². The fraction of sp³-hybridized carbons (Fsp3) is 0.643. The van der Waals surface area contributed by atoms with E-state index < -0.39 is 0 Å². The zero-order chi connectivity index (χ0) is 21.1. The number of rotatable bonds is 3. The van der Waals surface area contributed by atoms with Gasteiger partial charge in [-0.15, -0.1) is 0 Å². The molecule has 1 aromatic carbocycles. The minimum absolute atomic E-state index is 0.0765. The van der Waals surface area contributed by atoms with Crippen LogP contribution < -0.4 is 0 Å². The number of fused-ring (bicyclic) bond motifs is 4. The highest BCUT2D eigenvalue weighted by atomic mass is 16.3. The zero-order valence-electron chi connectivity index (χ0n) is 19.0. The highest BCUT2D eigenvalue weighted by Gasteiger charge is 2.52. The van der Waals surface area contributed by atoms with Gasteiger partial charge in [0.1, 0.15) is 5.75 Å². The van der Waals surface area contributed by atoms with Crippen molar-refractivity contribution in [1.82, 2.24) is 0 Å². The molecule has 1 fully saturated rings. The third kappa shape index (κ3) is 3.09. The van der Waals surface area contributed by atoms with E-state index in [0.717, 1.165) is 19.3 Å². The predicted octanol–water partition coefficient (Wildman–Crippen LogP) is 6.57. The molecule has 2 nitrogen and oxygen atoms in total. The van der Waals surface area contributed by atoms with Gasteiger partial charge in [0.05, 0.1) is 6.10 Å². The van der Waals surface area contributed by atoms with E-state index in [1.165, 1.54) is 44.1 Å². The number of aliphatic hydroxyl groups excluding tert-OH is 1. The Labute approximate surface area is 182 Å². The van der Waals surface area contributed by atoms with E-state index in [1.54, 1.807) is 22.8 Å². The van der Waals surface area contributed by atoms with E-state index in [1.807, 2.05) is 12.1 Å². The molecular weight excluding hydrogens is 368 g/mol. The molecule has 0 radical (unpaired) electrons. The van der Waals surface area contributed by atoms with E-state index in [0.29, 0.717) is 34.3 Å². The van der Waals surface area contributed by atoms with Crippen LogP contribution in [0.25, 0.3) is 0 Å². The summed E-state index contributed by atoms with van der Waals surface area (Å²) in [5, 5.41) is 20.1. The molecule has 0 spiro atoms. The number of aliphatic hydroxyl groups is 1. The summed E-state index contributed by atoms with van der Waals surface area (Å²) in [7, 11) is 0. The summed E-state index contributed by atoms with van der Waals surface area (Å²) < 4.78 is 0. The van der Waals surface area contributed by atoms with Gasteiger partial charge < -0.3 is 10.2 Å². The Balaban J connectivity index is 1.40. The Morgan fingerprint density at radius 3 is 2.73 bits per heavy atom. The molecule has 4 aliphatic carbocycles. The number of phenols is 1. The minimum Gasteiger partial charge on any atom is -0.508 e. The lowest BCUT2D eigenvalue weighted by Gasteiger charge is -2.54. The van der Waals surface area contributed by atoms with Crippen LogP contribution in [0.1, 0.15) is 77.7 Å². The normalized spacial score (nSPS) is 39.1. The lowest BCUT2D eigenvalue weighted by atomic mass is 9.51. The van der Waals surface area contributed by atoms with E-state index in [-0.39, 0.29) is 6.10 Å². The zero-order valence-corrected chi connectivity index (χ0v) is 19.0. The maximum absolute atomic E-state index is 10.2. The first-order valence-corrected chi connectivity index (χ1v) is 12.2. The van der Waals surface area contributed by atoms with Crippen molar-refractivity contribution in [2.45, 2.75) is 84.7 Å². The second-order valence-electron chi connectivity index (χ2n) is 11.3. The molecule has 0 unspecified atom stereocenters. The van der Waals surface area contributed by atoms with Gasteiger partial charge in [0, 0.05) is 0 Å². The molecule has 6 atom stereocenters. The molecule has 0 bridgehead atoms. The summed E-state index contributed by atoms with van der Waals surface area (Å²) in [4.78, 5) is 0. The van der Waals surface area contributed by atoms with Gasteiger partial charge in [-0.25, -0.2) is 0 Å². The summed E-state index contributed by atoms with van der Waals surface area (Å²) in [6.07, 6.45) is 12.9. The molecule has 5 rings (SSSR count). The quantitative estimate of drug-likeness (QED) is 0.595. The van der Waals surface area contributed by atoms with Crippen LogP contribution >= 0.6 is 0 Å². The van der Waals surface area contributed by atoms with Gasteiger partial charge >= 0.3 is 0 Å². The number of allylic oxidation sites excluding steroid dienone is 4. The van der Waals surface area contributed by atoms with E-state index in [4.69, 9.17) is 0 Å². The van der Waals surface area contributed by atoms with E-state index in [2.05, 4.69) is 32.9 Å². The Hall–Kier alpha value is -1.54. The second-order valence-corrected chi connectivity index (χ2v) is 11.3. The van der Waals surface area contributed by atoms with Crippen molar-refractivity contribution in [3.05, 3.63) is 52.6 Å². The highest BCUT2D eigenvalue weighted by Crippen LogP contribution is 2.64. The van der Waals surface area contributed by atoms with Gasteiger partial charge in [0.2, 0.25) is 0 Å². The SMILES string of the molecule is C[C@H](Cc1cccc(O)c1)[C@H]1CC=C2C3=C(CC[C@@]21C)[C@@]1(C)CC[C@H](O)C[C@@H]1CC3. The van der Waals surface area contributed by atoms with Crippen molar-refractivity contribution in [2.24, 2.45) is 28.6 Å². The maximum atomic E-state index is 10.2. The monoisotopic (exact) mass is 406 g/mol. The van der Waals surface area contributed by atoms with Crippen molar-refractivity contribution >= 4 is 0 Å². The molecule has 2 heteroatoms. The third-order valence-corrected chi connectivity index (χ3v) is 9.64. The molecular formula is C28H38O2. The Bertz CT molecular complexity index is 896. The molecule has 30 heavy (non-hydrogen) atoms. The molecule has 2 N–H and O–H groups in total. The lowest BCUT2D eigenvalue weighted by Crippen LogP contribution is -2.44. The molecule has 0 aliphatic heterocycles. The molecule has 1 saturated carbocycles. The van der Waals surface area contributed by atoms with Crippen LogP contribution in [-0.2, 0) is 6.42 Å². The van der Waals surface area contributed by atoms with Crippen LogP contribution in [0.4, 0.5) is 0 Å². The van der Waals surface area contributed by atoms with Gasteiger partial charge in [0.15, 0.2) is 0 Å². The molecule has 162 valence electrons. The van der Waals surface area contributed by atoms with Gasteiger partial charge in [-0.1, -0.05) is 44.6 Å². The average molecular weight is 407 g/mol. The Kier molecular flexibility index (Phi) is 4.93. The molecule has 0 saturated heterocycles. The van der Waals surface area contributed by atoms with Crippen molar-refractivity contribution in [1.29, 1.82) is 0 Å². The van der Waals surface area contributed by atoms with Crippen molar-refractivity contribution in [3.63, 3.8) is 0 Å². The minimum atomic E-state index is -0.0765. The standard InChI is InChI=1S/C28H38O2/c1-18(15-19-5-4-6-21(29)16-19)24-9-10-25-23-8-7-20-17-22(30)11-13-27(20,2)26(23)12-14-28(24,25)3/h4-6,10,16,18,20,22,24,29-30H,7-9,11-15,17H2,1-3H3/t18-,20+,22+,24-,27+,28-/m1/s1. The van der Waals surface area contributed by atoms with Crippen LogP contribution in [-0.4, -0.2) is 16.3 Å². The first kappa shape index (κ1) is 20.4. The van der Waals surface area contributed by atoms with Crippen LogP contribution in [0, 0.1) is 28.6 Å². The third-order valence-electron chi connectivity index (χ3n) is 9.64. The average Bonchev–Trinajstić information content (AvgIpc) is 3.06. The van der Waals surface area contributed by atoms with Gasteiger partial charge in [-0.2, -0.15) is 0 Å². The van der Waals surface area contributed by atoms with Crippen LogP contribution in [0.3, 0.4) is 0 Å². The summed E-state index contributed by atoms with van der Waals surface area (Å²) in [5.74, 6) is 2.34. The van der Waals surface area contributed by atoms with E-state index in [9.17, 15) is 10.2 Å². The first-order valence-electron chi connectivity index (χ1n) is 12.2. The molecule has 1 aromatic rings. The number of aromatic hydroxyl groups is 1. The summed E-state index contributed by atoms with van der Waals surface area (Å²) in [6, 6.07) is 7.82. The van der Waals surface area contributed by atoms with Crippen molar-refractivity contribution in [3.8, 4) is 5.75 Å². The second kappa shape index (κ2) is 7.26. The van der Waals surface area contributed by atoms with Gasteiger partial charge in [-0.3, -0.25) is 0 Å². The van der Waals surface area contributed by atoms with Crippen molar-refractivity contribution in [2.75, 3.05) is 0 Å². The molecule has 0 heterocycles. The number of hydrogen-bond acceptors (Lipinski definition) is 2. The van der Waals surface area contributed by atoms with Crippen LogP contribution in [0.5, 0.6) is 5.75 Å². The summed E-state index contributed by atoms with van der Waals surface area (Å²) in [6.45, 7) is 7.47. The lowest BCUT2D eigenvalue weighted by molar-refractivity contribution is 0.0226. The van der Waals surface area contributed by atoms with Crippen LogP contribution in [0.2, 0.25) is 0 Å².